The van der Waals surface area contributed by atoms with Crippen LogP contribution in [0, 0.1) is 6.92 Å². The molecule has 0 radical (unpaired) electrons. The molecule has 1 aromatic heterocycles. The van der Waals surface area contributed by atoms with E-state index in [1.807, 2.05) is 42.7 Å². The smallest absolute Gasteiger partial charge is 0.114 e. The van der Waals surface area contributed by atoms with Crippen LogP contribution in [0.15, 0.2) is 41.3 Å². The Morgan fingerprint density at radius 2 is 1.94 bits per heavy atom. The molecule has 2 rings (SSSR count). The van der Waals surface area contributed by atoms with Gasteiger partial charge in [-0.1, -0.05) is 18.2 Å². The molecule has 0 fully saturated rings. The molecule has 1 N–H and O–H groups in total. The molecule has 84 valence electrons. The number of aliphatic hydroxyl groups is 1. The Morgan fingerprint density at radius 3 is 2.56 bits per heavy atom. The lowest BCUT2D eigenvalue weighted by atomic mass is 10.1. The van der Waals surface area contributed by atoms with Gasteiger partial charge in [0.2, 0.25) is 0 Å². The van der Waals surface area contributed by atoms with Gasteiger partial charge in [-0.15, -0.1) is 23.1 Å². The molecule has 0 amide bonds. The van der Waals surface area contributed by atoms with Crippen LogP contribution in [0.2, 0.25) is 0 Å². The Bertz CT molecular complexity index is 476. The van der Waals surface area contributed by atoms with Crippen LogP contribution in [0.3, 0.4) is 0 Å². The van der Waals surface area contributed by atoms with Gasteiger partial charge in [-0.05, 0) is 36.9 Å². The van der Waals surface area contributed by atoms with E-state index in [0.717, 1.165) is 15.3 Å². The molecule has 0 spiro atoms. The fourth-order valence-corrected chi connectivity index (χ4v) is 3.16. The maximum absolute atomic E-state index is 10.3. The van der Waals surface area contributed by atoms with E-state index in [0.29, 0.717) is 0 Å². The van der Waals surface area contributed by atoms with Gasteiger partial charge >= 0.3 is 0 Å². The van der Waals surface area contributed by atoms with Crippen LogP contribution in [0.4, 0.5) is 0 Å². The van der Waals surface area contributed by atoms with Gasteiger partial charge in [-0.2, -0.15) is 0 Å². The Morgan fingerprint density at radius 1 is 1.19 bits per heavy atom. The molecular weight excluding hydrogens is 236 g/mol. The molecule has 16 heavy (non-hydrogen) atoms. The summed E-state index contributed by atoms with van der Waals surface area (Å²) < 4.78 is 0. The van der Waals surface area contributed by atoms with Crippen LogP contribution < -0.4 is 0 Å². The van der Waals surface area contributed by atoms with Crippen LogP contribution >= 0.6 is 23.1 Å². The molecule has 0 aliphatic heterocycles. The molecule has 1 nitrogen and oxygen atoms in total. The minimum absolute atomic E-state index is 0.498. The number of rotatable bonds is 3. The normalized spacial score (nSPS) is 12.7. The van der Waals surface area contributed by atoms with Gasteiger partial charge in [0.1, 0.15) is 6.10 Å². The van der Waals surface area contributed by atoms with Crippen molar-refractivity contribution in [2.45, 2.75) is 17.9 Å². The third-order valence-electron chi connectivity index (χ3n) is 2.46. The average Bonchev–Trinajstić information content (AvgIpc) is 2.75. The summed E-state index contributed by atoms with van der Waals surface area (Å²) >= 11 is 3.32. The van der Waals surface area contributed by atoms with Crippen LogP contribution in [0.1, 0.15) is 21.4 Å². The van der Waals surface area contributed by atoms with Gasteiger partial charge in [0, 0.05) is 14.6 Å². The van der Waals surface area contributed by atoms with Gasteiger partial charge in [-0.25, -0.2) is 0 Å². The number of thiophene rings is 1. The Kier molecular flexibility index (Phi) is 3.69. The van der Waals surface area contributed by atoms with E-state index in [2.05, 4.69) is 6.92 Å². The molecule has 0 aliphatic rings. The minimum Gasteiger partial charge on any atom is -0.383 e. The number of hydrogen-bond acceptors (Lipinski definition) is 3. The van der Waals surface area contributed by atoms with Crippen molar-refractivity contribution in [3.8, 4) is 0 Å². The number of aliphatic hydroxyl groups excluding tert-OH is 1. The van der Waals surface area contributed by atoms with Crippen LogP contribution in [-0.4, -0.2) is 11.4 Å². The van der Waals surface area contributed by atoms with E-state index in [9.17, 15) is 5.11 Å². The second-order valence-electron chi connectivity index (χ2n) is 3.59. The fourth-order valence-electron chi connectivity index (χ4n) is 1.65. The zero-order valence-corrected chi connectivity index (χ0v) is 10.9. The Balaban J connectivity index is 2.36. The first-order chi connectivity index (χ1) is 7.72. The van der Waals surface area contributed by atoms with E-state index in [1.54, 1.807) is 23.1 Å². The third-order valence-corrected chi connectivity index (χ3v) is 4.33. The molecule has 0 unspecified atom stereocenters. The van der Waals surface area contributed by atoms with Gasteiger partial charge in [0.05, 0.1) is 0 Å². The van der Waals surface area contributed by atoms with Crippen LogP contribution in [0.25, 0.3) is 0 Å². The maximum atomic E-state index is 10.3. The summed E-state index contributed by atoms with van der Waals surface area (Å²) in [6.45, 7) is 2.06. The Hall–Kier alpha value is -0.770. The summed E-state index contributed by atoms with van der Waals surface area (Å²) in [5, 5.41) is 10.3. The molecule has 0 saturated carbocycles. The second kappa shape index (κ2) is 5.04. The largest absolute Gasteiger partial charge is 0.383 e. The maximum Gasteiger partial charge on any atom is 0.114 e. The molecule has 1 atom stereocenters. The molecule has 0 saturated heterocycles. The van der Waals surface area contributed by atoms with Crippen molar-refractivity contribution in [3.05, 3.63) is 51.7 Å². The lowest BCUT2D eigenvalue weighted by Crippen LogP contribution is -1.98. The summed E-state index contributed by atoms with van der Waals surface area (Å²) in [7, 11) is 0. The van der Waals surface area contributed by atoms with Gasteiger partial charge in [-0.3, -0.25) is 0 Å². The first kappa shape index (κ1) is 11.7. The highest BCUT2D eigenvalue weighted by Crippen LogP contribution is 2.33. The SMILES string of the molecule is CSc1ccccc1[C@H](O)c1ccc(C)s1. The summed E-state index contributed by atoms with van der Waals surface area (Å²) in [5.41, 5.74) is 0.997. The molecule has 0 aliphatic carbocycles. The highest BCUT2D eigenvalue weighted by atomic mass is 32.2. The van der Waals surface area contributed by atoms with Crippen molar-refractivity contribution in [1.82, 2.24) is 0 Å². The summed E-state index contributed by atoms with van der Waals surface area (Å²) in [6.07, 6.45) is 1.54. The standard InChI is InChI=1S/C13H14OS2/c1-9-7-8-12(16-9)13(14)10-5-3-4-6-11(10)15-2/h3-8,13-14H,1-2H3/t13-/m0/s1. The van der Waals surface area contributed by atoms with Crippen LogP contribution in [-0.2, 0) is 0 Å². The molecule has 2 aromatic rings. The lowest BCUT2D eigenvalue weighted by Gasteiger charge is -2.12. The molecule has 1 heterocycles. The van der Waals surface area contributed by atoms with Crippen molar-refractivity contribution in [3.63, 3.8) is 0 Å². The van der Waals surface area contributed by atoms with E-state index >= 15 is 0 Å². The van der Waals surface area contributed by atoms with Crippen molar-refractivity contribution < 1.29 is 5.11 Å². The zero-order valence-electron chi connectivity index (χ0n) is 9.31. The zero-order chi connectivity index (χ0) is 11.5. The van der Waals surface area contributed by atoms with Gasteiger partial charge in [0.15, 0.2) is 0 Å². The van der Waals surface area contributed by atoms with E-state index in [4.69, 9.17) is 0 Å². The average molecular weight is 250 g/mol. The van der Waals surface area contributed by atoms with Crippen molar-refractivity contribution in [2.24, 2.45) is 0 Å². The quantitative estimate of drug-likeness (QED) is 0.835. The van der Waals surface area contributed by atoms with Gasteiger partial charge < -0.3 is 5.11 Å². The Labute approximate surface area is 104 Å². The van der Waals surface area contributed by atoms with Crippen LogP contribution in [0.5, 0.6) is 0 Å². The first-order valence-electron chi connectivity index (χ1n) is 5.09. The highest BCUT2D eigenvalue weighted by molar-refractivity contribution is 7.98. The number of aryl methyl sites for hydroxylation is 1. The predicted octanol–water partition coefficient (Wildman–Crippen LogP) is 3.86. The highest BCUT2D eigenvalue weighted by Gasteiger charge is 2.15. The molecular formula is C13H14OS2. The lowest BCUT2D eigenvalue weighted by molar-refractivity contribution is 0.221. The van der Waals surface area contributed by atoms with E-state index in [1.165, 1.54) is 4.88 Å². The predicted molar refractivity (Wildman–Crippen MR) is 71.3 cm³/mol. The number of hydrogen-bond donors (Lipinski definition) is 1. The van der Waals surface area contributed by atoms with Crippen molar-refractivity contribution >= 4 is 23.1 Å². The number of thioether (sulfide) groups is 1. The van der Waals surface area contributed by atoms with E-state index in [-0.39, 0.29) is 0 Å². The first-order valence-corrected chi connectivity index (χ1v) is 7.14. The third kappa shape index (κ3) is 2.32. The van der Waals surface area contributed by atoms with E-state index < -0.39 is 6.10 Å². The number of benzene rings is 1. The summed E-state index contributed by atoms with van der Waals surface area (Å²) in [6, 6.07) is 12.1. The fraction of sp³-hybridized carbons (Fsp3) is 0.231. The summed E-state index contributed by atoms with van der Waals surface area (Å²) in [5.74, 6) is 0. The molecule has 3 heteroatoms. The van der Waals surface area contributed by atoms with Crippen molar-refractivity contribution in [2.75, 3.05) is 6.26 Å². The summed E-state index contributed by atoms with van der Waals surface area (Å²) in [4.78, 5) is 3.38. The minimum atomic E-state index is -0.498. The van der Waals surface area contributed by atoms with Gasteiger partial charge in [0.25, 0.3) is 0 Å². The monoisotopic (exact) mass is 250 g/mol. The topological polar surface area (TPSA) is 20.2 Å². The molecule has 0 bridgehead atoms. The van der Waals surface area contributed by atoms with Crippen molar-refractivity contribution in [1.29, 1.82) is 0 Å². The molecule has 1 aromatic carbocycles. The second-order valence-corrected chi connectivity index (χ2v) is 5.76.